The zero-order chi connectivity index (χ0) is 10.7. The number of nitrogens with zero attached hydrogens (tertiary/aromatic N) is 1. The second-order valence-corrected chi connectivity index (χ2v) is 4.88. The maximum absolute atomic E-state index is 8.82. The van der Waals surface area contributed by atoms with Crippen LogP contribution in [0.15, 0.2) is 30.3 Å². The average molecular weight is 221 g/mol. The van der Waals surface area contributed by atoms with Gasteiger partial charge in [-0.3, -0.25) is 4.90 Å². The van der Waals surface area contributed by atoms with E-state index in [0.29, 0.717) is 0 Å². The summed E-state index contributed by atoms with van der Waals surface area (Å²) in [7, 11) is 2.03. The van der Waals surface area contributed by atoms with Crippen LogP contribution in [0.4, 0.5) is 0 Å². The zero-order valence-corrected chi connectivity index (χ0v) is 9.63. The van der Waals surface area contributed by atoms with Crippen molar-refractivity contribution in [1.82, 2.24) is 4.90 Å². The Morgan fingerprint density at radius 2 is 2.13 bits per heavy atom. The third kappa shape index (κ3) is 2.56. The Kier molecular flexibility index (Phi) is 3.36. The second kappa shape index (κ2) is 4.75. The van der Waals surface area contributed by atoms with E-state index in [1.165, 1.54) is 15.0 Å². The fourth-order valence-electron chi connectivity index (χ4n) is 1.63. The first-order chi connectivity index (χ1) is 7.29. The van der Waals surface area contributed by atoms with Gasteiger partial charge in [-0.2, -0.15) is 0 Å². The first-order valence-electron chi connectivity index (χ1n) is 5.06. The molecule has 0 amide bonds. The van der Waals surface area contributed by atoms with E-state index in [9.17, 15) is 0 Å². The van der Waals surface area contributed by atoms with Crippen LogP contribution in [0.1, 0.15) is 4.88 Å². The van der Waals surface area contributed by atoms with Gasteiger partial charge in [-0.15, -0.1) is 11.3 Å². The number of aliphatic hydroxyl groups is 1. The molecule has 0 aliphatic rings. The number of likely N-dealkylation sites (N-methyl/N-ethyl adjacent to an activating group) is 1. The van der Waals surface area contributed by atoms with Crippen molar-refractivity contribution >= 4 is 21.4 Å². The second-order valence-electron chi connectivity index (χ2n) is 3.71. The lowest BCUT2D eigenvalue weighted by Gasteiger charge is -2.12. The number of hydrogen-bond donors (Lipinski definition) is 1. The van der Waals surface area contributed by atoms with Gasteiger partial charge in [-0.1, -0.05) is 18.2 Å². The maximum atomic E-state index is 8.82. The Balaban J connectivity index is 2.15. The Hall–Kier alpha value is -0.900. The van der Waals surface area contributed by atoms with Crippen molar-refractivity contribution in [3.05, 3.63) is 35.2 Å². The molecule has 2 aromatic rings. The highest BCUT2D eigenvalue weighted by Crippen LogP contribution is 2.25. The third-order valence-corrected chi connectivity index (χ3v) is 3.48. The molecule has 1 aromatic carbocycles. The summed E-state index contributed by atoms with van der Waals surface area (Å²) in [6, 6.07) is 10.7. The molecule has 1 heterocycles. The molecule has 1 N–H and O–H groups in total. The molecule has 1 aromatic heterocycles. The number of rotatable bonds is 4. The quantitative estimate of drug-likeness (QED) is 0.856. The maximum Gasteiger partial charge on any atom is 0.0558 e. The van der Waals surface area contributed by atoms with E-state index >= 15 is 0 Å². The topological polar surface area (TPSA) is 23.5 Å². The van der Waals surface area contributed by atoms with Crippen molar-refractivity contribution in [2.45, 2.75) is 6.54 Å². The lowest BCUT2D eigenvalue weighted by molar-refractivity contribution is 0.218. The minimum atomic E-state index is 0.224. The van der Waals surface area contributed by atoms with Crippen molar-refractivity contribution in [2.75, 3.05) is 20.2 Å². The van der Waals surface area contributed by atoms with Crippen molar-refractivity contribution < 1.29 is 5.11 Å². The SMILES string of the molecule is CN(CCO)Cc1cc2ccccc2s1. The monoisotopic (exact) mass is 221 g/mol. The van der Waals surface area contributed by atoms with E-state index in [1.807, 2.05) is 18.4 Å². The van der Waals surface area contributed by atoms with Crippen LogP contribution in [0, 0.1) is 0 Å². The molecule has 80 valence electrons. The minimum absolute atomic E-state index is 0.224. The summed E-state index contributed by atoms with van der Waals surface area (Å²) in [6.07, 6.45) is 0. The number of benzene rings is 1. The van der Waals surface area contributed by atoms with Crippen LogP contribution in [0.5, 0.6) is 0 Å². The van der Waals surface area contributed by atoms with Gasteiger partial charge in [0.25, 0.3) is 0 Å². The first-order valence-corrected chi connectivity index (χ1v) is 5.88. The van der Waals surface area contributed by atoms with E-state index in [-0.39, 0.29) is 6.61 Å². The standard InChI is InChI=1S/C12H15NOS/c1-13(6-7-14)9-11-8-10-4-2-3-5-12(10)15-11/h2-5,8,14H,6-7,9H2,1H3. The summed E-state index contributed by atoms with van der Waals surface area (Å²) in [5.74, 6) is 0. The van der Waals surface area contributed by atoms with Crippen molar-refractivity contribution in [2.24, 2.45) is 0 Å². The van der Waals surface area contributed by atoms with Crippen LogP contribution in [-0.4, -0.2) is 30.2 Å². The lowest BCUT2D eigenvalue weighted by Crippen LogP contribution is -2.20. The molecular formula is C12H15NOS. The number of hydrogen-bond acceptors (Lipinski definition) is 3. The Bertz CT molecular complexity index is 405. The molecule has 0 aliphatic carbocycles. The van der Waals surface area contributed by atoms with Gasteiger partial charge in [0.15, 0.2) is 0 Å². The van der Waals surface area contributed by atoms with Gasteiger partial charge in [0.05, 0.1) is 6.61 Å². The van der Waals surface area contributed by atoms with Crippen LogP contribution >= 0.6 is 11.3 Å². The molecular weight excluding hydrogens is 206 g/mol. The van der Waals surface area contributed by atoms with Crippen LogP contribution in [0.25, 0.3) is 10.1 Å². The van der Waals surface area contributed by atoms with Gasteiger partial charge >= 0.3 is 0 Å². The molecule has 3 heteroatoms. The highest BCUT2D eigenvalue weighted by Gasteiger charge is 2.03. The first kappa shape index (κ1) is 10.6. The van der Waals surface area contributed by atoms with E-state index in [1.54, 1.807) is 0 Å². The molecule has 2 nitrogen and oxygen atoms in total. The summed E-state index contributed by atoms with van der Waals surface area (Å²) in [6.45, 7) is 1.87. The summed E-state index contributed by atoms with van der Waals surface area (Å²) in [5, 5.41) is 10.1. The van der Waals surface area contributed by atoms with Crippen LogP contribution in [0.2, 0.25) is 0 Å². The van der Waals surface area contributed by atoms with Crippen LogP contribution < -0.4 is 0 Å². The molecule has 0 atom stereocenters. The minimum Gasteiger partial charge on any atom is -0.395 e. The zero-order valence-electron chi connectivity index (χ0n) is 8.81. The molecule has 0 saturated carbocycles. The van der Waals surface area contributed by atoms with E-state index in [0.717, 1.165) is 13.1 Å². The molecule has 0 radical (unpaired) electrons. The normalized spacial score (nSPS) is 11.4. The number of thiophene rings is 1. The van der Waals surface area contributed by atoms with Gasteiger partial charge in [-0.25, -0.2) is 0 Å². The highest BCUT2D eigenvalue weighted by atomic mass is 32.1. The molecule has 0 bridgehead atoms. The summed E-state index contributed by atoms with van der Waals surface area (Å²) < 4.78 is 1.34. The van der Waals surface area contributed by atoms with Crippen LogP contribution in [0.3, 0.4) is 0 Å². The van der Waals surface area contributed by atoms with Gasteiger partial charge in [0.2, 0.25) is 0 Å². The molecule has 0 spiro atoms. The fourth-order valence-corrected chi connectivity index (χ4v) is 2.78. The predicted molar refractivity (Wildman–Crippen MR) is 65.2 cm³/mol. The lowest BCUT2D eigenvalue weighted by atomic mass is 10.2. The van der Waals surface area contributed by atoms with Crippen LogP contribution in [-0.2, 0) is 6.54 Å². The molecule has 15 heavy (non-hydrogen) atoms. The summed E-state index contributed by atoms with van der Waals surface area (Å²) in [4.78, 5) is 3.48. The van der Waals surface area contributed by atoms with E-state index < -0.39 is 0 Å². The van der Waals surface area contributed by atoms with Crippen molar-refractivity contribution in [1.29, 1.82) is 0 Å². The summed E-state index contributed by atoms with van der Waals surface area (Å²) in [5.41, 5.74) is 0. The van der Waals surface area contributed by atoms with Gasteiger partial charge in [0.1, 0.15) is 0 Å². The molecule has 0 unspecified atom stereocenters. The number of fused-ring (bicyclic) bond motifs is 1. The Morgan fingerprint density at radius 3 is 2.87 bits per heavy atom. The van der Waals surface area contributed by atoms with E-state index in [4.69, 9.17) is 5.11 Å². The average Bonchev–Trinajstić information content (AvgIpc) is 2.59. The molecule has 2 rings (SSSR count). The van der Waals surface area contributed by atoms with Crippen molar-refractivity contribution in [3.63, 3.8) is 0 Å². The van der Waals surface area contributed by atoms with Gasteiger partial charge in [0, 0.05) is 22.7 Å². The largest absolute Gasteiger partial charge is 0.395 e. The Morgan fingerprint density at radius 1 is 1.33 bits per heavy atom. The summed E-state index contributed by atoms with van der Waals surface area (Å²) >= 11 is 1.83. The Labute approximate surface area is 93.8 Å². The molecule has 0 aliphatic heterocycles. The molecule has 0 saturated heterocycles. The van der Waals surface area contributed by atoms with Gasteiger partial charge < -0.3 is 5.11 Å². The third-order valence-electron chi connectivity index (χ3n) is 2.38. The predicted octanol–water partition coefficient (Wildman–Crippen LogP) is 2.33. The number of aliphatic hydroxyl groups excluding tert-OH is 1. The smallest absolute Gasteiger partial charge is 0.0558 e. The van der Waals surface area contributed by atoms with Crippen molar-refractivity contribution in [3.8, 4) is 0 Å². The van der Waals surface area contributed by atoms with E-state index in [2.05, 4.69) is 35.2 Å². The molecule has 0 fully saturated rings. The highest BCUT2D eigenvalue weighted by molar-refractivity contribution is 7.19. The van der Waals surface area contributed by atoms with Gasteiger partial charge in [-0.05, 0) is 24.6 Å². The fraction of sp³-hybridized carbons (Fsp3) is 0.333.